The van der Waals surface area contributed by atoms with Gasteiger partial charge in [0.2, 0.25) is 11.7 Å². The molecule has 1 aromatic heterocycles. The van der Waals surface area contributed by atoms with Gasteiger partial charge in [0.05, 0.1) is 0 Å². The van der Waals surface area contributed by atoms with Crippen LogP contribution in [0, 0.1) is 0 Å². The van der Waals surface area contributed by atoms with Gasteiger partial charge in [-0.2, -0.15) is 0 Å². The van der Waals surface area contributed by atoms with E-state index in [9.17, 15) is 9.59 Å². The number of carbonyl (C=O) groups is 2. The van der Waals surface area contributed by atoms with Crippen LogP contribution >= 0.6 is 0 Å². The summed E-state index contributed by atoms with van der Waals surface area (Å²) in [4.78, 5) is 31.1. The number of nitrogens with one attached hydrogen (secondary N) is 1. The minimum absolute atomic E-state index is 0.0637. The number of hydrogen-bond acceptors (Lipinski definition) is 4. The fourth-order valence-corrected chi connectivity index (χ4v) is 1.77. The van der Waals surface area contributed by atoms with E-state index in [1.807, 2.05) is 20.8 Å². The molecule has 0 spiro atoms. The van der Waals surface area contributed by atoms with Crippen molar-refractivity contribution >= 4 is 11.8 Å². The van der Waals surface area contributed by atoms with Gasteiger partial charge in [0.25, 0.3) is 5.91 Å². The van der Waals surface area contributed by atoms with Crippen molar-refractivity contribution in [3.05, 3.63) is 11.6 Å². The van der Waals surface area contributed by atoms with E-state index in [-0.39, 0.29) is 29.6 Å². The van der Waals surface area contributed by atoms with Crippen molar-refractivity contribution in [1.82, 2.24) is 25.0 Å². The highest BCUT2D eigenvalue weighted by Gasteiger charge is 2.29. The van der Waals surface area contributed by atoms with Gasteiger partial charge in [0.15, 0.2) is 0 Å². The van der Waals surface area contributed by atoms with Gasteiger partial charge in [-0.3, -0.25) is 14.7 Å². The predicted molar refractivity (Wildman–Crippen MR) is 68.6 cm³/mol. The van der Waals surface area contributed by atoms with Crippen LogP contribution in [0.1, 0.15) is 37.2 Å². The lowest BCUT2D eigenvalue weighted by atomic mass is 9.96. The minimum atomic E-state index is -0.298. The molecule has 1 aliphatic heterocycles. The van der Waals surface area contributed by atoms with Crippen molar-refractivity contribution < 1.29 is 9.59 Å². The van der Waals surface area contributed by atoms with E-state index in [4.69, 9.17) is 0 Å². The standard InChI is InChI=1S/C12H19N5O2/c1-12(2,3)11-13-9(14-15-11)10(19)17-6-5-16(4)8(18)7-17/h5-7H2,1-4H3,(H,13,14,15). The molecule has 7 nitrogen and oxygen atoms in total. The van der Waals surface area contributed by atoms with Crippen LogP contribution < -0.4 is 0 Å². The Morgan fingerprint density at radius 3 is 2.53 bits per heavy atom. The fraction of sp³-hybridized carbons (Fsp3) is 0.667. The smallest absolute Gasteiger partial charge is 0.294 e. The molecule has 1 aliphatic rings. The maximum Gasteiger partial charge on any atom is 0.294 e. The van der Waals surface area contributed by atoms with E-state index >= 15 is 0 Å². The molecule has 0 saturated carbocycles. The third kappa shape index (κ3) is 2.74. The molecule has 1 fully saturated rings. The Balaban J connectivity index is 2.12. The molecule has 2 amide bonds. The first-order valence-corrected chi connectivity index (χ1v) is 6.25. The largest absolute Gasteiger partial charge is 0.342 e. The van der Waals surface area contributed by atoms with Gasteiger partial charge in [-0.05, 0) is 0 Å². The molecule has 0 aliphatic carbocycles. The molecule has 1 saturated heterocycles. The molecule has 2 rings (SSSR count). The zero-order valence-corrected chi connectivity index (χ0v) is 11.7. The zero-order valence-electron chi connectivity index (χ0n) is 11.7. The van der Waals surface area contributed by atoms with E-state index in [0.29, 0.717) is 18.9 Å². The monoisotopic (exact) mass is 265 g/mol. The molecule has 1 N–H and O–H groups in total. The number of aromatic amines is 1. The Kier molecular flexibility index (Phi) is 3.30. The summed E-state index contributed by atoms with van der Waals surface area (Å²) in [5.74, 6) is 0.429. The summed E-state index contributed by atoms with van der Waals surface area (Å²) in [6.07, 6.45) is 0. The number of aromatic nitrogens is 3. The topological polar surface area (TPSA) is 82.2 Å². The third-order valence-electron chi connectivity index (χ3n) is 3.13. The molecule has 7 heteroatoms. The summed E-state index contributed by atoms with van der Waals surface area (Å²) in [6.45, 7) is 7.11. The summed E-state index contributed by atoms with van der Waals surface area (Å²) in [5, 5.41) is 6.73. The fourth-order valence-electron chi connectivity index (χ4n) is 1.77. The summed E-state index contributed by atoms with van der Waals surface area (Å²) >= 11 is 0. The number of nitrogens with zero attached hydrogens (tertiary/aromatic N) is 4. The summed E-state index contributed by atoms with van der Waals surface area (Å²) in [6, 6.07) is 0. The molecular formula is C12H19N5O2. The quantitative estimate of drug-likeness (QED) is 0.776. The van der Waals surface area contributed by atoms with Crippen LogP contribution in [0.4, 0.5) is 0 Å². The van der Waals surface area contributed by atoms with Crippen LogP contribution in [0.5, 0.6) is 0 Å². The summed E-state index contributed by atoms with van der Waals surface area (Å²) < 4.78 is 0. The first-order chi connectivity index (χ1) is 8.79. The normalized spacial score (nSPS) is 16.9. The lowest BCUT2D eigenvalue weighted by molar-refractivity contribution is -0.133. The van der Waals surface area contributed by atoms with E-state index in [0.717, 1.165) is 0 Å². The molecular weight excluding hydrogens is 246 g/mol. The first-order valence-electron chi connectivity index (χ1n) is 6.25. The van der Waals surface area contributed by atoms with Crippen LogP contribution in [0.25, 0.3) is 0 Å². The Bertz CT molecular complexity index is 502. The molecule has 0 bridgehead atoms. The third-order valence-corrected chi connectivity index (χ3v) is 3.13. The Hall–Kier alpha value is -1.92. The second-order valence-corrected chi connectivity index (χ2v) is 5.80. The molecule has 2 heterocycles. The lowest BCUT2D eigenvalue weighted by Crippen LogP contribution is -2.50. The number of hydrogen-bond donors (Lipinski definition) is 1. The molecule has 0 atom stereocenters. The molecule has 1 aromatic rings. The highest BCUT2D eigenvalue weighted by molar-refractivity contribution is 5.94. The van der Waals surface area contributed by atoms with Gasteiger partial charge in [-0.15, -0.1) is 5.10 Å². The summed E-state index contributed by atoms with van der Waals surface area (Å²) in [7, 11) is 1.73. The first kappa shape index (κ1) is 13.5. The van der Waals surface area contributed by atoms with Gasteiger partial charge >= 0.3 is 0 Å². The number of carbonyl (C=O) groups excluding carboxylic acids is 2. The van der Waals surface area contributed by atoms with E-state index in [2.05, 4.69) is 15.2 Å². The molecule has 0 aromatic carbocycles. The van der Waals surface area contributed by atoms with Crippen molar-refractivity contribution in [1.29, 1.82) is 0 Å². The highest BCUT2D eigenvalue weighted by Crippen LogP contribution is 2.17. The number of H-pyrrole nitrogens is 1. The average Bonchev–Trinajstić information content (AvgIpc) is 2.81. The number of rotatable bonds is 1. The van der Waals surface area contributed by atoms with Crippen molar-refractivity contribution in [2.45, 2.75) is 26.2 Å². The van der Waals surface area contributed by atoms with Crippen LogP contribution in [-0.4, -0.2) is 63.5 Å². The van der Waals surface area contributed by atoms with Gasteiger partial charge in [0, 0.05) is 25.6 Å². The minimum Gasteiger partial charge on any atom is -0.342 e. The second kappa shape index (κ2) is 4.64. The lowest BCUT2D eigenvalue weighted by Gasteiger charge is -2.31. The van der Waals surface area contributed by atoms with E-state index in [1.165, 1.54) is 4.90 Å². The second-order valence-electron chi connectivity index (χ2n) is 5.80. The van der Waals surface area contributed by atoms with Crippen LogP contribution in [-0.2, 0) is 10.2 Å². The number of piperazine rings is 1. The van der Waals surface area contributed by atoms with Gasteiger partial charge in [-0.1, -0.05) is 20.8 Å². The van der Waals surface area contributed by atoms with Crippen LogP contribution in [0.15, 0.2) is 0 Å². The van der Waals surface area contributed by atoms with Crippen LogP contribution in [0.2, 0.25) is 0 Å². The van der Waals surface area contributed by atoms with Gasteiger partial charge in [-0.25, -0.2) is 4.98 Å². The van der Waals surface area contributed by atoms with Crippen molar-refractivity contribution in [3.8, 4) is 0 Å². The van der Waals surface area contributed by atoms with Crippen molar-refractivity contribution in [3.63, 3.8) is 0 Å². The highest BCUT2D eigenvalue weighted by atomic mass is 16.2. The van der Waals surface area contributed by atoms with E-state index in [1.54, 1.807) is 11.9 Å². The zero-order chi connectivity index (χ0) is 14.2. The maximum absolute atomic E-state index is 12.2. The molecule has 0 unspecified atom stereocenters. The summed E-state index contributed by atoms with van der Waals surface area (Å²) in [5.41, 5.74) is -0.191. The average molecular weight is 265 g/mol. The molecule has 0 radical (unpaired) electrons. The Morgan fingerprint density at radius 2 is 2.00 bits per heavy atom. The molecule has 104 valence electrons. The SMILES string of the molecule is CN1CCN(C(=O)c2n[nH]c(C(C)(C)C)n2)CC1=O. The molecule has 19 heavy (non-hydrogen) atoms. The number of likely N-dealkylation sites (N-methyl/N-ethyl adjacent to an activating group) is 1. The van der Waals surface area contributed by atoms with Crippen molar-refractivity contribution in [2.24, 2.45) is 0 Å². The van der Waals surface area contributed by atoms with E-state index < -0.39 is 0 Å². The Labute approximate surface area is 112 Å². The van der Waals surface area contributed by atoms with Gasteiger partial charge in [0.1, 0.15) is 12.4 Å². The predicted octanol–water partition coefficient (Wildman–Crippen LogP) is 0.0164. The van der Waals surface area contributed by atoms with Crippen LogP contribution in [0.3, 0.4) is 0 Å². The van der Waals surface area contributed by atoms with Crippen molar-refractivity contribution in [2.75, 3.05) is 26.7 Å². The van der Waals surface area contributed by atoms with Gasteiger partial charge < -0.3 is 9.80 Å². The maximum atomic E-state index is 12.2. The number of amides is 2. The Morgan fingerprint density at radius 1 is 1.32 bits per heavy atom.